The summed E-state index contributed by atoms with van der Waals surface area (Å²) in [5.74, 6) is 2.22. The van der Waals surface area contributed by atoms with E-state index in [0.717, 1.165) is 31.0 Å². The van der Waals surface area contributed by atoms with Gasteiger partial charge in [0, 0.05) is 54.2 Å². The molecule has 1 aliphatic heterocycles. The zero-order valence-corrected chi connectivity index (χ0v) is 12.9. The fraction of sp³-hybridized carbons (Fsp3) is 0.615. The molecule has 6 heteroatoms. The summed E-state index contributed by atoms with van der Waals surface area (Å²) in [6, 6.07) is 2.40. The molecule has 0 unspecified atom stereocenters. The standard InChI is InChI=1S/C13H20ClN3OS/c1-10(2)15-8-11-7-12(14)13(16-9-11)17-3-5-19(18)6-4-17/h7,9-10,15H,3-6,8H2,1-2H3. The second-order valence-corrected chi connectivity index (χ2v) is 7.12. The molecule has 19 heavy (non-hydrogen) atoms. The van der Waals surface area contributed by atoms with Crippen LogP contribution in [0.15, 0.2) is 12.3 Å². The van der Waals surface area contributed by atoms with Crippen molar-refractivity contribution in [3.05, 3.63) is 22.8 Å². The molecule has 0 bridgehead atoms. The number of anilines is 1. The molecule has 0 spiro atoms. The molecule has 0 amide bonds. The maximum Gasteiger partial charge on any atom is 0.147 e. The average Bonchev–Trinajstić information content (AvgIpc) is 2.38. The van der Waals surface area contributed by atoms with E-state index in [0.29, 0.717) is 22.6 Å². The van der Waals surface area contributed by atoms with E-state index < -0.39 is 10.8 Å². The molecule has 1 aliphatic rings. The van der Waals surface area contributed by atoms with Crippen molar-refractivity contribution < 1.29 is 4.21 Å². The largest absolute Gasteiger partial charge is 0.354 e. The van der Waals surface area contributed by atoms with E-state index in [1.54, 1.807) is 0 Å². The highest BCUT2D eigenvalue weighted by Crippen LogP contribution is 2.25. The fourth-order valence-corrected chi connectivity index (χ4v) is 3.33. The quantitative estimate of drug-likeness (QED) is 0.921. The Bertz CT molecular complexity index is 457. The van der Waals surface area contributed by atoms with Gasteiger partial charge in [0.2, 0.25) is 0 Å². The third-order valence-electron chi connectivity index (χ3n) is 3.07. The van der Waals surface area contributed by atoms with Crippen LogP contribution >= 0.6 is 11.6 Å². The lowest BCUT2D eigenvalue weighted by molar-refractivity contribution is 0.588. The minimum atomic E-state index is -0.677. The van der Waals surface area contributed by atoms with E-state index in [1.165, 1.54) is 0 Å². The molecule has 0 aromatic carbocycles. The Balaban J connectivity index is 2.04. The van der Waals surface area contributed by atoms with E-state index in [2.05, 4.69) is 29.0 Å². The number of nitrogens with one attached hydrogen (secondary N) is 1. The lowest BCUT2D eigenvalue weighted by Gasteiger charge is -2.28. The van der Waals surface area contributed by atoms with Crippen LogP contribution in [-0.2, 0) is 17.3 Å². The third-order valence-corrected chi connectivity index (χ3v) is 4.62. The second-order valence-electron chi connectivity index (χ2n) is 5.02. The number of aromatic nitrogens is 1. The summed E-state index contributed by atoms with van der Waals surface area (Å²) in [6.07, 6.45) is 1.86. The van der Waals surface area contributed by atoms with E-state index in [-0.39, 0.29) is 0 Å². The van der Waals surface area contributed by atoms with E-state index in [4.69, 9.17) is 11.6 Å². The highest BCUT2D eigenvalue weighted by Gasteiger charge is 2.18. The Hall–Kier alpha value is -0.650. The van der Waals surface area contributed by atoms with Crippen molar-refractivity contribution in [2.24, 2.45) is 0 Å². The molecule has 106 valence electrons. The lowest BCUT2D eigenvalue weighted by atomic mass is 10.2. The van der Waals surface area contributed by atoms with Gasteiger partial charge >= 0.3 is 0 Å². The zero-order chi connectivity index (χ0) is 13.8. The second kappa shape index (κ2) is 6.68. The summed E-state index contributed by atoms with van der Waals surface area (Å²) in [5, 5.41) is 4.02. The van der Waals surface area contributed by atoms with Crippen LogP contribution in [0.4, 0.5) is 5.82 Å². The first kappa shape index (κ1) is 14.8. The van der Waals surface area contributed by atoms with Gasteiger partial charge in [-0.1, -0.05) is 25.4 Å². The molecule has 2 heterocycles. The lowest BCUT2D eigenvalue weighted by Crippen LogP contribution is -2.38. The first-order chi connectivity index (χ1) is 9.06. The van der Waals surface area contributed by atoms with Crippen molar-refractivity contribution in [1.82, 2.24) is 10.3 Å². The highest BCUT2D eigenvalue weighted by molar-refractivity contribution is 7.85. The molecule has 1 fully saturated rings. The van der Waals surface area contributed by atoms with Gasteiger partial charge in [0.25, 0.3) is 0 Å². The SMILES string of the molecule is CC(C)NCc1cnc(N2CCS(=O)CC2)c(Cl)c1. The maximum atomic E-state index is 11.4. The summed E-state index contributed by atoms with van der Waals surface area (Å²) in [5.41, 5.74) is 1.09. The van der Waals surface area contributed by atoms with Gasteiger partial charge in [-0.05, 0) is 11.6 Å². The van der Waals surface area contributed by atoms with Crippen molar-refractivity contribution in [3.8, 4) is 0 Å². The summed E-state index contributed by atoms with van der Waals surface area (Å²) in [6.45, 7) is 6.52. The Labute approximate surface area is 122 Å². The highest BCUT2D eigenvalue weighted by atomic mass is 35.5. The van der Waals surface area contributed by atoms with Crippen LogP contribution in [0.3, 0.4) is 0 Å². The number of rotatable bonds is 4. The van der Waals surface area contributed by atoms with E-state index in [1.807, 2.05) is 12.3 Å². The molecule has 2 rings (SSSR count). The summed E-state index contributed by atoms with van der Waals surface area (Å²) in [7, 11) is -0.677. The Kier molecular flexibility index (Phi) is 5.19. The van der Waals surface area contributed by atoms with Crippen molar-refractivity contribution in [2.45, 2.75) is 26.4 Å². The summed E-state index contributed by atoms with van der Waals surface area (Å²) >= 11 is 6.31. The van der Waals surface area contributed by atoms with Gasteiger partial charge in [-0.2, -0.15) is 0 Å². The summed E-state index contributed by atoms with van der Waals surface area (Å²) < 4.78 is 11.4. The predicted molar refractivity (Wildman–Crippen MR) is 81.3 cm³/mol. The minimum Gasteiger partial charge on any atom is -0.354 e. The molecular weight excluding hydrogens is 282 g/mol. The van der Waals surface area contributed by atoms with Crippen LogP contribution < -0.4 is 10.2 Å². The van der Waals surface area contributed by atoms with E-state index >= 15 is 0 Å². The smallest absolute Gasteiger partial charge is 0.147 e. The molecule has 1 N–H and O–H groups in total. The maximum absolute atomic E-state index is 11.4. The van der Waals surface area contributed by atoms with Crippen LogP contribution in [0.25, 0.3) is 0 Å². The topological polar surface area (TPSA) is 45.2 Å². The van der Waals surface area contributed by atoms with Crippen LogP contribution in [0.1, 0.15) is 19.4 Å². The van der Waals surface area contributed by atoms with Crippen LogP contribution in [0, 0.1) is 0 Å². The molecule has 4 nitrogen and oxygen atoms in total. The average molecular weight is 302 g/mol. The molecule has 0 atom stereocenters. The minimum absolute atomic E-state index is 0.440. The van der Waals surface area contributed by atoms with Gasteiger partial charge in [0.15, 0.2) is 0 Å². The number of nitrogens with zero attached hydrogens (tertiary/aromatic N) is 2. The summed E-state index contributed by atoms with van der Waals surface area (Å²) in [4.78, 5) is 6.57. The predicted octanol–water partition coefficient (Wildman–Crippen LogP) is 1.80. The van der Waals surface area contributed by atoms with E-state index in [9.17, 15) is 4.21 Å². The van der Waals surface area contributed by atoms with Crippen molar-refractivity contribution in [2.75, 3.05) is 29.5 Å². The van der Waals surface area contributed by atoms with Gasteiger partial charge in [-0.15, -0.1) is 0 Å². The molecule has 1 saturated heterocycles. The van der Waals surface area contributed by atoms with Crippen LogP contribution in [0.2, 0.25) is 5.02 Å². The van der Waals surface area contributed by atoms with Gasteiger partial charge in [0.1, 0.15) is 5.82 Å². The monoisotopic (exact) mass is 301 g/mol. The Morgan fingerprint density at radius 2 is 2.16 bits per heavy atom. The normalized spacial score (nSPS) is 17.2. The van der Waals surface area contributed by atoms with Crippen molar-refractivity contribution >= 4 is 28.2 Å². The molecule has 0 saturated carbocycles. The van der Waals surface area contributed by atoms with Gasteiger partial charge in [-0.25, -0.2) is 4.98 Å². The third kappa shape index (κ3) is 4.16. The van der Waals surface area contributed by atoms with Crippen molar-refractivity contribution in [1.29, 1.82) is 0 Å². The van der Waals surface area contributed by atoms with Gasteiger partial charge in [-0.3, -0.25) is 4.21 Å². The zero-order valence-electron chi connectivity index (χ0n) is 11.4. The van der Waals surface area contributed by atoms with Crippen LogP contribution in [0.5, 0.6) is 0 Å². The molecule has 0 aliphatic carbocycles. The molecule has 1 aromatic heterocycles. The molecule has 0 radical (unpaired) electrons. The van der Waals surface area contributed by atoms with Crippen molar-refractivity contribution in [3.63, 3.8) is 0 Å². The number of halogens is 1. The fourth-order valence-electron chi connectivity index (χ4n) is 1.97. The first-order valence-electron chi connectivity index (χ1n) is 6.54. The number of pyridine rings is 1. The Morgan fingerprint density at radius 3 is 2.74 bits per heavy atom. The number of hydrogen-bond donors (Lipinski definition) is 1. The van der Waals surface area contributed by atoms with Gasteiger partial charge < -0.3 is 10.2 Å². The van der Waals surface area contributed by atoms with Crippen LogP contribution in [-0.4, -0.2) is 39.8 Å². The molecule has 1 aromatic rings. The first-order valence-corrected chi connectivity index (χ1v) is 8.40. The van der Waals surface area contributed by atoms with Gasteiger partial charge in [0.05, 0.1) is 5.02 Å². The Morgan fingerprint density at radius 1 is 1.47 bits per heavy atom. The molecular formula is C13H20ClN3OS. The number of hydrogen-bond acceptors (Lipinski definition) is 4.